The van der Waals surface area contributed by atoms with Crippen LogP contribution in [0, 0.1) is 3.57 Å². The van der Waals surface area contributed by atoms with Crippen molar-refractivity contribution in [3.8, 4) is 0 Å². The molecule has 1 heterocycles. The van der Waals surface area contributed by atoms with Crippen molar-refractivity contribution in [1.29, 1.82) is 0 Å². The first-order valence-corrected chi connectivity index (χ1v) is 3.63. The molecule has 1 aromatic rings. The van der Waals surface area contributed by atoms with E-state index in [9.17, 15) is 4.79 Å². The van der Waals surface area contributed by atoms with E-state index in [1.54, 1.807) is 6.07 Å². The first-order valence-electron chi connectivity index (χ1n) is 2.55. The molecule has 1 N–H and O–H groups in total. The topological polar surface area (TPSA) is 32.9 Å². The van der Waals surface area contributed by atoms with E-state index in [0.717, 1.165) is 9.16 Å². The van der Waals surface area contributed by atoms with Crippen LogP contribution in [0.3, 0.4) is 0 Å². The van der Waals surface area contributed by atoms with Gasteiger partial charge in [0.25, 0.3) is 5.56 Å². The zero-order valence-electron chi connectivity index (χ0n) is 4.94. The lowest BCUT2D eigenvalue weighted by molar-refractivity contribution is 1.26. The Kier molecular flexibility index (Phi) is 1.95. The van der Waals surface area contributed by atoms with E-state index >= 15 is 0 Å². The van der Waals surface area contributed by atoms with Gasteiger partial charge in [-0.05, 0) is 34.3 Å². The van der Waals surface area contributed by atoms with Gasteiger partial charge in [-0.15, -0.1) is 0 Å². The monoisotopic (exact) mass is 233 g/mol. The summed E-state index contributed by atoms with van der Waals surface area (Å²) in [5.41, 5.74) is 0.899. The number of H-pyrrole nitrogens is 1. The summed E-state index contributed by atoms with van der Waals surface area (Å²) in [6, 6.07) is 3.68. The summed E-state index contributed by atoms with van der Waals surface area (Å²) in [7, 11) is 1.86. The van der Waals surface area contributed by atoms with Crippen molar-refractivity contribution in [2.24, 2.45) is 0 Å². The third-order valence-electron chi connectivity index (χ3n) is 1.01. The third-order valence-corrected chi connectivity index (χ3v) is 1.86. The summed E-state index contributed by atoms with van der Waals surface area (Å²) in [4.78, 5) is 13.5. The molecule has 0 aromatic carbocycles. The van der Waals surface area contributed by atoms with Crippen LogP contribution < -0.4 is 11.2 Å². The van der Waals surface area contributed by atoms with Gasteiger partial charge in [0.1, 0.15) is 0 Å². The maximum Gasteiger partial charge on any atom is 0.260 e. The SMILES string of the molecule is Bc1ccc(I)c(=O)[nH]1. The lowest BCUT2D eigenvalue weighted by Gasteiger charge is -1.89. The van der Waals surface area contributed by atoms with Crippen molar-refractivity contribution >= 4 is 36.0 Å². The summed E-state index contributed by atoms with van der Waals surface area (Å²) >= 11 is 2.00. The van der Waals surface area contributed by atoms with Gasteiger partial charge in [0, 0.05) is 0 Å². The molecule has 1 rings (SSSR count). The molecule has 0 saturated heterocycles. The van der Waals surface area contributed by atoms with Crippen LogP contribution in [0.5, 0.6) is 0 Å². The molecule has 0 fully saturated rings. The molecule has 0 radical (unpaired) electrons. The molecule has 0 spiro atoms. The van der Waals surface area contributed by atoms with E-state index in [4.69, 9.17) is 0 Å². The number of halogens is 1. The number of pyridine rings is 1. The van der Waals surface area contributed by atoms with Crippen molar-refractivity contribution in [3.05, 3.63) is 26.1 Å². The fourth-order valence-electron chi connectivity index (χ4n) is 0.554. The number of aromatic amines is 1. The highest BCUT2D eigenvalue weighted by Gasteiger charge is 1.90. The zero-order chi connectivity index (χ0) is 6.85. The minimum absolute atomic E-state index is 0.00407. The number of hydrogen-bond donors (Lipinski definition) is 1. The number of aromatic nitrogens is 1. The van der Waals surface area contributed by atoms with Gasteiger partial charge in [-0.3, -0.25) is 4.79 Å². The van der Waals surface area contributed by atoms with Gasteiger partial charge in [-0.2, -0.15) is 0 Å². The molecular formula is C5H5BINO. The summed E-state index contributed by atoms with van der Waals surface area (Å²) in [6.07, 6.45) is 0. The maximum absolute atomic E-state index is 10.8. The number of hydrogen-bond acceptors (Lipinski definition) is 1. The second-order valence-corrected chi connectivity index (χ2v) is 2.98. The molecule has 0 saturated carbocycles. The van der Waals surface area contributed by atoms with Crippen LogP contribution in [0.25, 0.3) is 0 Å². The normalized spacial score (nSPS) is 9.44. The molecule has 46 valence electrons. The van der Waals surface area contributed by atoms with Crippen LogP contribution in [0.1, 0.15) is 0 Å². The Bertz CT molecular complexity index is 270. The highest BCUT2D eigenvalue weighted by Crippen LogP contribution is 1.90. The van der Waals surface area contributed by atoms with E-state index in [0.29, 0.717) is 0 Å². The predicted octanol–water partition coefficient (Wildman–Crippen LogP) is -0.762. The maximum atomic E-state index is 10.8. The van der Waals surface area contributed by atoms with Gasteiger partial charge in [-0.25, -0.2) is 0 Å². The van der Waals surface area contributed by atoms with Gasteiger partial charge in [0.2, 0.25) is 0 Å². The molecule has 0 aliphatic heterocycles. The Hall–Kier alpha value is -0.255. The number of nitrogens with one attached hydrogen (secondary N) is 1. The minimum atomic E-state index is -0.00407. The third kappa shape index (κ3) is 1.57. The lowest BCUT2D eigenvalue weighted by Crippen LogP contribution is -2.20. The molecule has 0 aliphatic carbocycles. The summed E-state index contributed by atoms with van der Waals surface area (Å²) in [5, 5.41) is 0. The Morgan fingerprint density at radius 3 is 2.67 bits per heavy atom. The Morgan fingerprint density at radius 2 is 2.22 bits per heavy atom. The molecular weight excluding hydrogens is 228 g/mol. The molecule has 4 heteroatoms. The first kappa shape index (κ1) is 6.86. The van der Waals surface area contributed by atoms with Crippen molar-refractivity contribution in [3.63, 3.8) is 0 Å². The van der Waals surface area contributed by atoms with Crippen LogP contribution in [-0.2, 0) is 0 Å². The molecule has 0 aliphatic rings. The highest BCUT2D eigenvalue weighted by atomic mass is 127. The fourth-order valence-corrected chi connectivity index (χ4v) is 0.869. The van der Waals surface area contributed by atoms with Gasteiger partial charge in [-0.1, -0.05) is 6.07 Å². The quantitative estimate of drug-likeness (QED) is 0.463. The highest BCUT2D eigenvalue weighted by molar-refractivity contribution is 14.1. The average molecular weight is 233 g/mol. The van der Waals surface area contributed by atoms with E-state index in [1.165, 1.54) is 0 Å². The van der Waals surface area contributed by atoms with E-state index in [2.05, 4.69) is 4.98 Å². The molecule has 0 unspecified atom stereocenters. The van der Waals surface area contributed by atoms with Crippen LogP contribution in [0.15, 0.2) is 16.9 Å². The van der Waals surface area contributed by atoms with Gasteiger partial charge in [0.15, 0.2) is 7.85 Å². The molecule has 2 nitrogen and oxygen atoms in total. The summed E-state index contributed by atoms with van der Waals surface area (Å²) in [6.45, 7) is 0. The lowest BCUT2D eigenvalue weighted by atomic mass is 10.0. The van der Waals surface area contributed by atoms with Crippen LogP contribution in [-0.4, -0.2) is 12.8 Å². The van der Waals surface area contributed by atoms with Gasteiger partial charge >= 0.3 is 0 Å². The summed E-state index contributed by atoms with van der Waals surface area (Å²) < 4.78 is 0.734. The van der Waals surface area contributed by atoms with E-state index in [-0.39, 0.29) is 5.56 Å². The molecule has 0 amide bonds. The van der Waals surface area contributed by atoms with Crippen LogP contribution in [0.4, 0.5) is 0 Å². The second kappa shape index (κ2) is 2.55. The van der Waals surface area contributed by atoms with Crippen LogP contribution in [0.2, 0.25) is 0 Å². The van der Waals surface area contributed by atoms with Crippen molar-refractivity contribution < 1.29 is 0 Å². The molecule has 0 bridgehead atoms. The van der Waals surface area contributed by atoms with Gasteiger partial charge < -0.3 is 4.98 Å². The minimum Gasteiger partial charge on any atom is -0.335 e. The first-order chi connectivity index (χ1) is 4.20. The van der Waals surface area contributed by atoms with E-state index < -0.39 is 0 Å². The Balaban J connectivity index is 3.34. The standard InChI is InChI=1S/C5H5BINO/c6-4-2-1-3(7)5(9)8-4/h1-2H,6H2,(H,8,9). The predicted molar refractivity (Wildman–Crippen MR) is 48.0 cm³/mol. The Labute approximate surface area is 67.2 Å². The molecule has 9 heavy (non-hydrogen) atoms. The average Bonchev–Trinajstić information content (AvgIpc) is 1.80. The molecule has 0 atom stereocenters. The van der Waals surface area contributed by atoms with Crippen molar-refractivity contribution in [1.82, 2.24) is 4.98 Å². The van der Waals surface area contributed by atoms with Crippen molar-refractivity contribution in [2.45, 2.75) is 0 Å². The van der Waals surface area contributed by atoms with E-state index in [1.807, 2.05) is 36.5 Å². The molecule has 1 aromatic heterocycles. The van der Waals surface area contributed by atoms with Crippen LogP contribution >= 0.6 is 22.6 Å². The number of rotatable bonds is 0. The zero-order valence-corrected chi connectivity index (χ0v) is 7.10. The largest absolute Gasteiger partial charge is 0.335 e. The fraction of sp³-hybridized carbons (Fsp3) is 0. The van der Waals surface area contributed by atoms with Crippen molar-refractivity contribution in [2.75, 3.05) is 0 Å². The smallest absolute Gasteiger partial charge is 0.260 e. The second-order valence-electron chi connectivity index (χ2n) is 1.82. The summed E-state index contributed by atoms with van der Waals surface area (Å²) in [5.74, 6) is 0. The van der Waals surface area contributed by atoms with Gasteiger partial charge in [0.05, 0.1) is 3.57 Å². The Morgan fingerprint density at radius 1 is 1.56 bits per heavy atom.